The van der Waals surface area contributed by atoms with Gasteiger partial charge < -0.3 is 10.2 Å². The number of anilines is 1. The summed E-state index contributed by atoms with van der Waals surface area (Å²) in [5.74, 6) is -1.65. The van der Waals surface area contributed by atoms with Crippen molar-refractivity contribution in [3.8, 4) is 5.75 Å². The third kappa shape index (κ3) is 3.33. The fourth-order valence-corrected chi connectivity index (χ4v) is 3.30. The number of carbonyl (C=O) groups is 2. The summed E-state index contributed by atoms with van der Waals surface area (Å²) in [6, 6.07) is 13.1. The largest absolute Gasteiger partial charge is 0.508 e. The van der Waals surface area contributed by atoms with Crippen LogP contribution in [0.25, 0.3) is 0 Å². The molecule has 1 amide bonds. The minimum Gasteiger partial charge on any atom is -0.508 e. The fourth-order valence-electron chi connectivity index (χ4n) is 3.30. The summed E-state index contributed by atoms with van der Waals surface area (Å²) in [5.41, 5.74) is 2.48. The van der Waals surface area contributed by atoms with Gasteiger partial charge in [0.15, 0.2) is 11.5 Å². The summed E-state index contributed by atoms with van der Waals surface area (Å²) >= 11 is 0. The number of hydrogen-bond acceptors (Lipinski definition) is 4. The fraction of sp³-hybridized carbons (Fsp3) is 0.273. The summed E-state index contributed by atoms with van der Waals surface area (Å²) in [5, 5.41) is 20.1. The van der Waals surface area contributed by atoms with Crippen molar-refractivity contribution in [3.63, 3.8) is 0 Å². The number of Topliss-reactive ketones (excluding diaryl/α,β-unsaturated/α-hetero) is 1. The average Bonchev–Trinajstić information content (AvgIpc) is 2.93. The lowest BCUT2D eigenvalue weighted by Gasteiger charge is -2.27. The van der Waals surface area contributed by atoms with E-state index in [4.69, 9.17) is 0 Å². The van der Waals surface area contributed by atoms with Crippen molar-refractivity contribution in [1.82, 2.24) is 0 Å². The molecule has 2 aromatic rings. The number of ketones is 1. The summed E-state index contributed by atoms with van der Waals surface area (Å²) in [7, 11) is 0. The molecule has 1 aliphatic rings. The van der Waals surface area contributed by atoms with Crippen LogP contribution in [-0.2, 0) is 16.0 Å². The van der Waals surface area contributed by atoms with Crippen LogP contribution in [0.15, 0.2) is 59.9 Å². The van der Waals surface area contributed by atoms with E-state index in [-0.39, 0.29) is 23.0 Å². The topological polar surface area (TPSA) is 77.8 Å². The van der Waals surface area contributed by atoms with Crippen molar-refractivity contribution < 1.29 is 19.8 Å². The number of aryl methyl sites for hydroxylation is 1. The Morgan fingerprint density at radius 1 is 1.04 bits per heavy atom. The van der Waals surface area contributed by atoms with Crippen LogP contribution >= 0.6 is 0 Å². The van der Waals surface area contributed by atoms with E-state index in [0.29, 0.717) is 11.3 Å². The second kappa shape index (κ2) is 7.27. The lowest BCUT2D eigenvalue weighted by atomic mass is 9.91. The molecule has 27 heavy (non-hydrogen) atoms. The molecular formula is C22H23NO4. The smallest absolute Gasteiger partial charge is 0.294 e. The zero-order valence-corrected chi connectivity index (χ0v) is 15.6. The van der Waals surface area contributed by atoms with Crippen LogP contribution in [0.1, 0.15) is 37.9 Å². The molecule has 0 fully saturated rings. The molecule has 0 saturated carbocycles. The van der Waals surface area contributed by atoms with Gasteiger partial charge in [-0.2, -0.15) is 0 Å². The van der Waals surface area contributed by atoms with Crippen LogP contribution < -0.4 is 4.90 Å². The van der Waals surface area contributed by atoms with Gasteiger partial charge in [-0.05, 0) is 41.8 Å². The third-order valence-corrected chi connectivity index (χ3v) is 4.83. The van der Waals surface area contributed by atoms with Gasteiger partial charge in [-0.25, -0.2) is 0 Å². The van der Waals surface area contributed by atoms with Gasteiger partial charge in [0.25, 0.3) is 5.91 Å². The first kappa shape index (κ1) is 18.7. The molecule has 0 saturated heterocycles. The molecule has 0 aliphatic carbocycles. The standard InChI is InChI=1S/C22H23NO4/c1-4-14-5-9-16(10-6-14)23-19(15-7-11-17(24)12-8-15)18(20(25)13(2)3)21(26)22(23)27/h5-13,19,24,26H,4H2,1-3H3. The van der Waals surface area contributed by atoms with Crippen LogP contribution in [0.5, 0.6) is 5.75 Å². The van der Waals surface area contributed by atoms with E-state index in [9.17, 15) is 19.8 Å². The summed E-state index contributed by atoms with van der Waals surface area (Å²) in [4.78, 5) is 27.1. The van der Waals surface area contributed by atoms with E-state index in [2.05, 4.69) is 0 Å². The van der Waals surface area contributed by atoms with E-state index >= 15 is 0 Å². The number of aliphatic hydroxyl groups excluding tert-OH is 1. The first-order valence-corrected chi connectivity index (χ1v) is 9.03. The molecule has 3 rings (SSSR count). The number of benzene rings is 2. The van der Waals surface area contributed by atoms with Gasteiger partial charge in [0.2, 0.25) is 0 Å². The highest BCUT2D eigenvalue weighted by atomic mass is 16.3. The van der Waals surface area contributed by atoms with Gasteiger partial charge in [0.05, 0.1) is 11.6 Å². The second-order valence-electron chi connectivity index (χ2n) is 6.97. The molecule has 1 unspecified atom stereocenters. The normalized spacial score (nSPS) is 17.1. The van der Waals surface area contributed by atoms with Crippen LogP contribution in [0.3, 0.4) is 0 Å². The lowest BCUT2D eigenvalue weighted by Crippen LogP contribution is -2.31. The summed E-state index contributed by atoms with van der Waals surface area (Å²) < 4.78 is 0. The molecule has 2 N–H and O–H groups in total. The monoisotopic (exact) mass is 365 g/mol. The van der Waals surface area contributed by atoms with Gasteiger partial charge in [-0.1, -0.05) is 45.0 Å². The van der Waals surface area contributed by atoms with Gasteiger partial charge in [-0.3, -0.25) is 14.5 Å². The molecule has 140 valence electrons. The minimum absolute atomic E-state index is 0.0897. The van der Waals surface area contributed by atoms with Crippen LogP contribution in [0, 0.1) is 5.92 Å². The molecule has 1 aliphatic heterocycles. The van der Waals surface area contributed by atoms with Crippen molar-refractivity contribution in [2.75, 3.05) is 4.90 Å². The Morgan fingerprint density at radius 2 is 1.63 bits per heavy atom. The molecule has 0 radical (unpaired) electrons. The van der Waals surface area contributed by atoms with Crippen LogP contribution in [0.2, 0.25) is 0 Å². The molecule has 0 aromatic heterocycles. The highest BCUT2D eigenvalue weighted by molar-refractivity contribution is 6.16. The van der Waals surface area contributed by atoms with Crippen LogP contribution in [-0.4, -0.2) is 21.9 Å². The number of amides is 1. The molecule has 0 bridgehead atoms. The Morgan fingerprint density at radius 3 is 2.15 bits per heavy atom. The molecule has 5 heteroatoms. The van der Waals surface area contributed by atoms with E-state index in [1.54, 1.807) is 26.0 Å². The third-order valence-electron chi connectivity index (χ3n) is 4.83. The van der Waals surface area contributed by atoms with Crippen molar-refractivity contribution in [1.29, 1.82) is 0 Å². The lowest BCUT2D eigenvalue weighted by molar-refractivity contribution is -0.119. The molecule has 1 atom stereocenters. The predicted molar refractivity (Wildman–Crippen MR) is 104 cm³/mol. The quantitative estimate of drug-likeness (QED) is 0.837. The summed E-state index contributed by atoms with van der Waals surface area (Å²) in [6.45, 7) is 5.52. The first-order chi connectivity index (χ1) is 12.8. The minimum atomic E-state index is -0.736. The highest BCUT2D eigenvalue weighted by Crippen LogP contribution is 2.42. The summed E-state index contributed by atoms with van der Waals surface area (Å²) in [6.07, 6.45) is 0.871. The zero-order chi connectivity index (χ0) is 19.7. The maximum atomic E-state index is 12.9. The van der Waals surface area contributed by atoms with Gasteiger partial charge in [0.1, 0.15) is 5.75 Å². The molecule has 0 spiro atoms. The van der Waals surface area contributed by atoms with Crippen molar-refractivity contribution in [2.24, 2.45) is 5.92 Å². The SMILES string of the molecule is CCc1ccc(N2C(=O)C(O)=C(C(=O)C(C)C)C2c2ccc(O)cc2)cc1. The Hall–Kier alpha value is -3.08. The number of aliphatic hydroxyl groups is 1. The molecular weight excluding hydrogens is 342 g/mol. The number of phenols is 1. The van der Waals surface area contributed by atoms with Crippen LogP contribution in [0.4, 0.5) is 5.69 Å². The number of phenolic OH excluding ortho intramolecular Hbond substituents is 1. The van der Waals surface area contributed by atoms with E-state index < -0.39 is 17.7 Å². The molecule has 5 nitrogen and oxygen atoms in total. The Balaban J connectivity index is 2.15. The number of aromatic hydroxyl groups is 1. The number of nitrogens with zero attached hydrogens (tertiary/aromatic N) is 1. The Bertz CT molecular complexity index is 895. The zero-order valence-electron chi connectivity index (χ0n) is 15.6. The maximum Gasteiger partial charge on any atom is 0.294 e. The number of hydrogen-bond donors (Lipinski definition) is 2. The number of carbonyl (C=O) groups excluding carboxylic acids is 2. The van der Waals surface area contributed by atoms with Gasteiger partial charge >= 0.3 is 0 Å². The Labute approximate surface area is 158 Å². The Kier molecular flexibility index (Phi) is 5.04. The predicted octanol–water partition coefficient (Wildman–Crippen LogP) is 4.08. The van der Waals surface area contributed by atoms with Gasteiger partial charge in [0, 0.05) is 11.6 Å². The maximum absolute atomic E-state index is 12.9. The van der Waals surface area contributed by atoms with E-state index in [0.717, 1.165) is 12.0 Å². The highest BCUT2D eigenvalue weighted by Gasteiger charge is 2.44. The van der Waals surface area contributed by atoms with Crippen molar-refractivity contribution in [2.45, 2.75) is 33.2 Å². The molecule has 2 aromatic carbocycles. The van der Waals surface area contributed by atoms with Gasteiger partial charge in [-0.15, -0.1) is 0 Å². The second-order valence-corrected chi connectivity index (χ2v) is 6.97. The average molecular weight is 365 g/mol. The number of rotatable bonds is 5. The van der Waals surface area contributed by atoms with E-state index in [1.165, 1.54) is 17.0 Å². The van der Waals surface area contributed by atoms with Crippen molar-refractivity contribution in [3.05, 3.63) is 71.0 Å². The van der Waals surface area contributed by atoms with Crippen molar-refractivity contribution >= 4 is 17.4 Å². The molecule has 1 heterocycles. The first-order valence-electron chi connectivity index (χ1n) is 9.03. The van der Waals surface area contributed by atoms with E-state index in [1.807, 2.05) is 31.2 Å².